The molecule has 1 aromatic heterocycles. The molecule has 0 radical (unpaired) electrons. The van der Waals surface area contributed by atoms with Crippen molar-refractivity contribution >= 4 is 5.91 Å². The zero-order valence-corrected chi connectivity index (χ0v) is 7.26. The van der Waals surface area contributed by atoms with Crippen LogP contribution in [0.5, 0.6) is 0 Å². The second kappa shape index (κ2) is 3.73. The Morgan fingerprint density at radius 2 is 2.21 bits per heavy atom. The van der Waals surface area contributed by atoms with Gasteiger partial charge in [0.1, 0.15) is 5.76 Å². The fraction of sp³-hybridized carbons (Fsp3) is 0.375. The SMILES string of the molecule is C[C@@H](NC(=O)C(F)(F)F)c1ccco1. The molecule has 6 heteroatoms. The Hall–Kier alpha value is -1.46. The summed E-state index contributed by atoms with van der Waals surface area (Å²) in [5, 5.41) is 1.76. The third-order valence-electron chi connectivity index (χ3n) is 1.58. The Bertz CT molecular complexity index is 305. The molecule has 0 aromatic carbocycles. The molecule has 0 aliphatic rings. The standard InChI is InChI=1S/C8H8F3NO2/c1-5(6-3-2-4-14-6)12-7(13)8(9,10)11/h2-5H,1H3,(H,12,13)/t5-/m1/s1. The van der Waals surface area contributed by atoms with Gasteiger partial charge in [0.15, 0.2) is 0 Å². The van der Waals surface area contributed by atoms with Crippen molar-refractivity contribution in [1.82, 2.24) is 5.32 Å². The largest absolute Gasteiger partial charge is 0.471 e. The van der Waals surface area contributed by atoms with Gasteiger partial charge in [-0.25, -0.2) is 0 Å². The first kappa shape index (κ1) is 10.6. The normalized spacial score (nSPS) is 13.7. The van der Waals surface area contributed by atoms with Crippen molar-refractivity contribution in [3.63, 3.8) is 0 Å². The van der Waals surface area contributed by atoms with Crippen molar-refractivity contribution in [3.8, 4) is 0 Å². The van der Waals surface area contributed by atoms with Gasteiger partial charge in [-0.05, 0) is 19.1 Å². The molecule has 0 unspecified atom stereocenters. The molecule has 0 bridgehead atoms. The predicted molar refractivity (Wildman–Crippen MR) is 41.3 cm³/mol. The second-order valence-corrected chi connectivity index (χ2v) is 2.71. The number of amides is 1. The van der Waals surface area contributed by atoms with Gasteiger partial charge in [-0.2, -0.15) is 13.2 Å². The van der Waals surface area contributed by atoms with Crippen LogP contribution in [0.15, 0.2) is 22.8 Å². The third kappa shape index (κ3) is 2.51. The Kier molecular flexibility index (Phi) is 2.83. The molecule has 0 fully saturated rings. The number of carbonyl (C=O) groups excluding carboxylic acids is 1. The maximum Gasteiger partial charge on any atom is 0.471 e. The molecule has 3 nitrogen and oxygen atoms in total. The summed E-state index contributed by atoms with van der Waals surface area (Å²) in [6.07, 6.45) is -3.54. The van der Waals surface area contributed by atoms with Crippen LogP contribution >= 0.6 is 0 Å². The number of nitrogens with one attached hydrogen (secondary N) is 1. The predicted octanol–water partition coefficient (Wildman–Crippen LogP) is 2.02. The molecular weight excluding hydrogens is 199 g/mol. The Morgan fingerprint density at radius 3 is 2.64 bits per heavy atom. The monoisotopic (exact) mass is 207 g/mol. The first-order chi connectivity index (χ1) is 6.41. The van der Waals surface area contributed by atoms with Crippen molar-refractivity contribution in [2.75, 3.05) is 0 Å². The van der Waals surface area contributed by atoms with E-state index in [0.717, 1.165) is 0 Å². The van der Waals surface area contributed by atoms with Crippen molar-refractivity contribution in [2.24, 2.45) is 0 Å². The fourth-order valence-corrected chi connectivity index (χ4v) is 0.887. The molecular formula is C8H8F3NO2. The van der Waals surface area contributed by atoms with Gasteiger partial charge in [0, 0.05) is 0 Å². The lowest BCUT2D eigenvalue weighted by Gasteiger charge is -2.12. The topological polar surface area (TPSA) is 42.2 Å². The van der Waals surface area contributed by atoms with Gasteiger partial charge >= 0.3 is 12.1 Å². The smallest absolute Gasteiger partial charge is 0.467 e. The van der Waals surface area contributed by atoms with Crippen LogP contribution in [0.1, 0.15) is 18.7 Å². The van der Waals surface area contributed by atoms with E-state index in [4.69, 9.17) is 4.42 Å². The highest BCUT2D eigenvalue weighted by molar-refractivity contribution is 5.81. The van der Waals surface area contributed by atoms with E-state index < -0.39 is 18.1 Å². The third-order valence-corrected chi connectivity index (χ3v) is 1.58. The van der Waals surface area contributed by atoms with Gasteiger partial charge in [0.25, 0.3) is 0 Å². The van der Waals surface area contributed by atoms with E-state index in [1.165, 1.54) is 25.3 Å². The summed E-state index contributed by atoms with van der Waals surface area (Å²) in [6.45, 7) is 1.41. The molecule has 1 rings (SSSR count). The fourth-order valence-electron chi connectivity index (χ4n) is 0.887. The molecule has 0 aliphatic heterocycles. The highest BCUT2D eigenvalue weighted by Crippen LogP contribution is 2.18. The molecule has 0 spiro atoms. The lowest BCUT2D eigenvalue weighted by atomic mass is 10.2. The van der Waals surface area contributed by atoms with E-state index in [-0.39, 0.29) is 5.76 Å². The Labute approximate surface area is 77.9 Å². The van der Waals surface area contributed by atoms with Gasteiger partial charge in [-0.3, -0.25) is 4.79 Å². The van der Waals surface area contributed by atoms with Crippen LogP contribution in [-0.2, 0) is 4.79 Å². The zero-order valence-electron chi connectivity index (χ0n) is 7.26. The number of carbonyl (C=O) groups is 1. The van der Waals surface area contributed by atoms with Gasteiger partial charge < -0.3 is 9.73 Å². The summed E-state index contributed by atoms with van der Waals surface area (Å²) in [4.78, 5) is 10.5. The summed E-state index contributed by atoms with van der Waals surface area (Å²) in [5.41, 5.74) is 0. The number of furan rings is 1. The zero-order chi connectivity index (χ0) is 10.8. The summed E-state index contributed by atoms with van der Waals surface area (Å²) in [5.74, 6) is -1.69. The van der Waals surface area contributed by atoms with Crippen molar-refractivity contribution in [1.29, 1.82) is 0 Å². The first-order valence-corrected chi connectivity index (χ1v) is 3.82. The van der Waals surface area contributed by atoms with Gasteiger partial charge in [-0.15, -0.1) is 0 Å². The number of rotatable bonds is 2. The summed E-state index contributed by atoms with van der Waals surface area (Å²) >= 11 is 0. The van der Waals surface area contributed by atoms with Crippen molar-refractivity contribution < 1.29 is 22.4 Å². The molecule has 1 amide bonds. The minimum Gasteiger partial charge on any atom is -0.467 e. The van der Waals surface area contributed by atoms with Crippen molar-refractivity contribution in [3.05, 3.63) is 24.2 Å². The highest BCUT2D eigenvalue weighted by Gasteiger charge is 2.39. The van der Waals surface area contributed by atoms with Gasteiger partial charge in [-0.1, -0.05) is 0 Å². The van der Waals surface area contributed by atoms with Crippen LogP contribution in [0.3, 0.4) is 0 Å². The number of alkyl halides is 3. The van der Waals surface area contributed by atoms with E-state index in [2.05, 4.69) is 0 Å². The summed E-state index contributed by atoms with van der Waals surface area (Å²) < 4.78 is 40.3. The number of hydrogen-bond acceptors (Lipinski definition) is 2. The minimum atomic E-state index is -4.86. The van der Waals surface area contributed by atoms with Crippen LogP contribution in [0.4, 0.5) is 13.2 Å². The average molecular weight is 207 g/mol. The van der Waals surface area contributed by atoms with Crippen LogP contribution in [0.2, 0.25) is 0 Å². The first-order valence-electron chi connectivity index (χ1n) is 3.82. The van der Waals surface area contributed by atoms with E-state index in [1.807, 2.05) is 0 Å². The average Bonchev–Trinajstić information content (AvgIpc) is 2.53. The van der Waals surface area contributed by atoms with E-state index in [1.54, 1.807) is 5.32 Å². The summed E-state index contributed by atoms with van der Waals surface area (Å²) in [6, 6.07) is 2.23. The van der Waals surface area contributed by atoms with Crippen LogP contribution in [0.25, 0.3) is 0 Å². The maximum atomic E-state index is 11.8. The molecule has 0 saturated carbocycles. The van der Waals surface area contributed by atoms with Crippen LogP contribution in [-0.4, -0.2) is 12.1 Å². The molecule has 1 aromatic rings. The van der Waals surface area contributed by atoms with Gasteiger partial charge in [0.2, 0.25) is 0 Å². The molecule has 78 valence electrons. The quantitative estimate of drug-likeness (QED) is 0.806. The summed E-state index contributed by atoms with van der Waals surface area (Å²) in [7, 11) is 0. The van der Waals surface area contributed by atoms with Crippen molar-refractivity contribution in [2.45, 2.75) is 19.1 Å². The van der Waals surface area contributed by atoms with Crippen LogP contribution in [0, 0.1) is 0 Å². The molecule has 1 N–H and O–H groups in total. The van der Waals surface area contributed by atoms with Gasteiger partial charge in [0.05, 0.1) is 12.3 Å². The molecule has 0 saturated heterocycles. The Morgan fingerprint density at radius 1 is 1.57 bits per heavy atom. The highest BCUT2D eigenvalue weighted by atomic mass is 19.4. The molecule has 14 heavy (non-hydrogen) atoms. The number of hydrogen-bond donors (Lipinski definition) is 1. The van der Waals surface area contributed by atoms with Crippen LogP contribution < -0.4 is 5.32 Å². The second-order valence-electron chi connectivity index (χ2n) is 2.71. The molecule has 1 heterocycles. The van der Waals surface area contributed by atoms with E-state index in [9.17, 15) is 18.0 Å². The lowest BCUT2D eigenvalue weighted by molar-refractivity contribution is -0.174. The van der Waals surface area contributed by atoms with E-state index in [0.29, 0.717) is 0 Å². The molecule has 0 aliphatic carbocycles. The van der Waals surface area contributed by atoms with E-state index >= 15 is 0 Å². The number of halogens is 3. The molecule has 1 atom stereocenters. The minimum absolute atomic E-state index is 0.280. The lowest BCUT2D eigenvalue weighted by Crippen LogP contribution is -2.38. The Balaban J connectivity index is 2.58. The maximum absolute atomic E-state index is 11.8.